The second-order valence-electron chi connectivity index (χ2n) is 9.96. The van der Waals surface area contributed by atoms with Crippen molar-refractivity contribution in [2.45, 2.75) is 39.5 Å². The molecule has 3 aromatic carbocycles. The number of nitrogens with one attached hydrogen (secondary N) is 3. The van der Waals surface area contributed by atoms with Crippen LogP contribution in [0.25, 0.3) is 0 Å². The number of hydrogen-bond acceptors (Lipinski definition) is 5. The molecule has 13 heteroatoms. The zero-order valence-electron chi connectivity index (χ0n) is 23.6. The molecule has 0 bridgehead atoms. The van der Waals surface area contributed by atoms with E-state index in [-0.39, 0.29) is 28.4 Å². The van der Waals surface area contributed by atoms with Gasteiger partial charge in [-0.15, -0.1) is 13.2 Å². The number of amides is 3. The van der Waals surface area contributed by atoms with Crippen LogP contribution in [-0.4, -0.2) is 40.9 Å². The van der Waals surface area contributed by atoms with E-state index >= 15 is 0 Å². The van der Waals surface area contributed by atoms with E-state index in [2.05, 4.69) is 39.5 Å². The number of aryl methyl sites for hydroxylation is 1. The fourth-order valence-corrected chi connectivity index (χ4v) is 5.34. The molecule has 0 atom stereocenters. The lowest BCUT2D eigenvalue weighted by Crippen LogP contribution is -2.32. The van der Waals surface area contributed by atoms with E-state index in [9.17, 15) is 22.8 Å². The fraction of sp³-hybridized carbons (Fsp3) is 0.267. The van der Waals surface area contributed by atoms with Gasteiger partial charge in [0.25, 0.3) is 0 Å². The molecule has 3 aromatic rings. The lowest BCUT2D eigenvalue weighted by atomic mass is 9.99. The number of urea groups is 1. The Morgan fingerprint density at radius 1 is 1.05 bits per heavy atom. The number of halogens is 3. The highest BCUT2D eigenvalue weighted by Gasteiger charge is 2.32. The van der Waals surface area contributed by atoms with Gasteiger partial charge in [-0.3, -0.25) is 9.69 Å². The quantitative estimate of drug-likeness (QED) is 0.227. The summed E-state index contributed by atoms with van der Waals surface area (Å²) in [6.45, 7) is 6.42. The van der Waals surface area contributed by atoms with Crippen molar-refractivity contribution < 1.29 is 27.5 Å². The Morgan fingerprint density at radius 2 is 1.67 bits per heavy atom. The van der Waals surface area contributed by atoms with E-state index in [0.717, 1.165) is 22.4 Å². The van der Waals surface area contributed by atoms with Crippen LogP contribution < -0.4 is 25.6 Å². The molecule has 43 heavy (non-hydrogen) atoms. The van der Waals surface area contributed by atoms with Gasteiger partial charge >= 0.3 is 12.4 Å². The van der Waals surface area contributed by atoms with Gasteiger partial charge in [0.2, 0.25) is 5.91 Å². The molecule has 1 saturated heterocycles. The number of aliphatic imine (C=N–C) groups is 1. The summed E-state index contributed by atoms with van der Waals surface area (Å²) in [6.07, 6.45) is -4.20. The van der Waals surface area contributed by atoms with Crippen molar-refractivity contribution in [3.05, 3.63) is 83.4 Å². The standard InChI is InChI=1S/C30H30F3N5O3S2/c1-18(2)24-13-4-19(3)16-25(24)38-26(39)17-43-29(38)37-27(40)34-15-14-20-5-7-21(8-6-20)35-28(42)36-22-9-11-23(12-10-22)41-30(31,32)33/h4-13,16,18H,14-15,17H2,1-3H3,(H,34,40)(H2,35,36,42)/b37-29-. The van der Waals surface area contributed by atoms with Crippen molar-refractivity contribution in [3.8, 4) is 5.75 Å². The number of nitrogens with zero attached hydrogens (tertiary/aromatic N) is 2. The first-order chi connectivity index (χ1) is 20.4. The van der Waals surface area contributed by atoms with Crippen molar-refractivity contribution in [3.63, 3.8) is 0 Å². The van der Waals surface area contributed by atoms with Crippen molar-refractivity contribution >= 4 is 63.3 Å². The van der Waals surface area contributed by atoms with Crippen LogP contribution in [0, 0.1) is 6.92 Å². The summed E-state index contributed by atoms with van der Waals surface area (Å²) in [5.41, 5.74) is 4.94. The molecule has 3 amide bonds. The summed E-state index contributed by atoms with van der Waals surface area (Å²) >= 11 is 6.53. The topological polar surface area (TPSA) is 95.1 Å². The first kappa shape index (κ1) is 31.8. The van der Waals surface area contributed by atoms with Crippen LogP contribution in [0.15, 0.2) is 71.7 Å². The Balaban J connectivity index is 1.27. The maximum absolute atomic E-state index is 12.7. The molecular formula is C30H30F3N5O3S2. The van der Waals surface area contributed by atoms with Crippen LogP contribution in [0.2, 0.25) is 0 Å². The summed E-state index contributed by atoms with van der Waals surface area (Å²) in [7, 11) is 0. The highest BCUT2D eigenvalue weighted by Crippen LogP contribution is 2.34. The van der Waals surface area contributed by atoms with Crippen LogP contribution in [0.3, 0.4) is 0 Å². The summed E-state index contributed by atoms with van der Waals surface area (Å²) in [5.74, 6) is -0.0193. The minimum atomic E-state index is -4.75. The van der Waals surface area contributed by atoms with Crippen LogP contribution in [-0.2, 0) is 11.2 Å². The first-order valence-electron chi connectivity index (χ1n) is 13.3. The number of anilines is 3. The maximum Gasteiger partial charge on any atom is 0.573 e. The predicted octanol–water partition coefficient (Wildman–Crippen LogP) is 7.21. The number of alkyl halides is 3. The first-order valence-corrected chi connectivity index (χ1v) is 14.7. The molecule has 1 heterocycles. The molecular weight excluding hydrogens is 599 g/mol. The third kappa shape index (κ3) is 9.19. The van der Waals surface area contributed by atoms with E-state index in [0.29, 0.717) is 29.5 Å². The SMILES string of the molecule is Cc1ccc(C(C)C)c(N2C(=O)CS/C2=N\C(=O)NCCc2ccc(NC(=S)Nc3ccc(OC(F)(F)F)cc3)cc2)c1. The minimum absolute atomic E-state index is 0.110. The monoisotopic (exact) mass is 629 g/mol. The molecule has 0 radical (unpaired) electrons. The summed E-state index contributed by atoms with van der Waals surface area (Å²) in [6, 6.07) is 18.1. The van der Waals surface area contributed by atoms with Crippen molar-refractivity contribution in [2.75, 3.05) is 27.8 Å². The number of amidine groups is 1. The number of hydrogen-bond donors (Lipinski definition) is 3. The highest BCUT2D eigenvalue weighted by molar-refractivity contribution is 8.15. The number of thiocarbonyl (C=S) groups is 1. The zero-order valence-corrected chi connectivity index (χ0v) is 25.3. The molecule has 0 spiro atoms. The molecule has 1 aliphatic heterocycles. The van der Waals surface area contributed by atoms with E-state index < -0.39 is 12.4 Å². The number of rotatable bonds is 8. The molecule has 0 aromatic heterocycles. The number of carbonyl (C=O) groups excluding carboxylic acids is 2. The average Bonchev–Trinajstić information content (AvgIpc) is 3.29. The lowest BCUT2D eigenvalue weighted by molar-refractivity contribution is -0.274. The summed E-state index contributed by atoms with van der Waals surface area (Å²) in [4.78, 5) is 31.1. The third-order valence-electron chi connectivity index (χ3n) is 6.26. The molecule has 3 N–H and O–H groups in total. The van der Waals surface area contributed by atoms with Crippen molar-refractivity contribution in [1.82, 2.24) is 5.32 Å². The molecule has 1 fully saturated rings. The van der Waals surface area contributed by atoms with E-state index in [1.807, 2.05) is 49.4 Å². The molecule has 4 rings (SSSR count). The van der Waals surface area contributed by atoms with Gasteiger partial charge in [-0.2, -0.15) is 4.99 Å². The Morgan fingerprint density at radius 3 is 2.28 bits per heavy atom. The van der Waals surface area contributed by atoms with E-state index in [4.69, 9.17) is 12.2 Å². The van der Waals surface area contributed by atoms with Gasteiger partial charge in [-0.1, -0.05) is 49.9 Å². The van der Waals surface area contributed by atoms with Crippen LogP contribution >= 0.6 is 24.0 Å². The Labute approximate surface area is 257 Å². The molecule has 226 valence electrons. The molecule has 0 saturated carbocycles. The van der Waals surface area contributed by atoms with Gasteiger partial charge in [-0.25, -0.2) is 4.79 Å². The van der Waals surface area contributed by atoms with Gasteiger partial charge in [-0.05, 0) is 90.6 Å². The normalized spacial score (nSPS) is 14.3. The van der Waals surface area contributed by atoms with Crippen molar-refractivity contribution in [1.29, 1.82) is 0 Å². The van der Waals surface area contributed by atoms with Gasteiger partial charge in [0.1, 0.15) is 5.75 Å². The number of ether oxygens (including phenoxy) is 1. The number of carbonyl (C=O) groups is 2. The Bertz CT molecular complexity index is 1510. The zero-order chi connectivity index (χ0) is 31.1. The highest BCUT2D eigenvalue weighted by atomic mass is 32.2. The van der Waals surface area contributed by atoms with Crippen LogP contribution in [0.4, 0.5) is 35.0 Å². The maximum atomic E-state index is 12.7. The van der Waals surface area contributed by atoms with Crippen molar-refractivity contribution in [2.24, 2.45) is 4.99 Å². The molecule has 0 aliphatic carbocycles. The third-order valence-corrected chi connectivity index (χ3v) is 7.39. The van der Waals surface area contributed by atoms with Crippen LogP contribution in [0.5, 0.6) is 5.75 Å². The van der Waals surface area contributed by atoms with Crippen LogP contribution in [0.1, 0.15) is 36.5 Å². The van der Waals surface area contributed by atoms with Gasteiger partial charge in [0.05, 0.1) is 11.4 Å². The number of thioether (sulfide) groups is 1. The molecule has 8 nitrogen and oxygen atoms in total. The second kappa shape index (κ2) is 13.9. The predicted molar refractivity (Wildman–Crippen MR) is 169 cm³/mol. The second-order valence-corrected chi connectivity index (χ2v) is 11.3. The summed E-state index contributed by atoms with van der Waals surface area (Å²) in [5, 5.41) is 9.31. The van der Waals surface area contributed by atoms with Gasteiger partial charge < -0.3 is 20.7 Å². The molecule has 0 unspecified atom stereocenters. The minimum Gasteiger partial charge on any atom is -0.406 e. The molecule has 1 aliphatic rings. The number of benzene rings is 3. The van der Waals surface area contributed by atoms with E-state index in [1.165, 1.54) is 40.9 Å². The van der Waals surface area contributed by atoms with Gasteiger partial charge in [0, 0.05) is 17.9 Å². The average molecular weight is 630 g/mol. The smallest absolute Gasteiger partial charge is 0.406 e. The van der Waals surface area contributed by atoms with Gasteiger partial charge in [0.15, 0.2) is 10.3 Å². The fourth-order valence-electron chi connectivity index (χ4n) is 4.25. The Kier molecular flexibility index (Phi) is 10.3. The lowest BCUT2D eigenvalue weighted by Gasteiger charge is -2.22. The largest absolute Gasteiger partial charge is 0.573 e. The summed E-state index contributed by atoms with van der Waals surface area (Å²) < 4.78 is 40.8. The van der Waals surface area contributed by atoms with E-state index in [1.54, 1.807) is 0 Å². The Hall–Kier alpha value is -4.10.